The van der Waals surface area contributed by atoms with Crippen molar-refractivity contribution < 1.29 is 33.3 Å². The Labute approximate surface area is 180 Å². The second kappa shape index (κ2) is 12.2. The Balaban J connectivity index is 2.11. The van der Waals surface area contributed by atoms with Crippen molar-refractivity contribution >= 4 is 18.0 Å². The van der Waals surface area contributed by atoms with Crippen molar-refractivity contribution in [3.63, 3.8) is 0 Å². The van der Waals surface area contributed by atoms with E-state index in [1.54, 1.807) is 6.07 Å². The first-order chi connectivity index (χ1) is 15.0. The molecule has 1 aromatic carbocycles. The first-order valence-corrected chi connectivity index (χ1v) is 9.74. The lowest BCUT2D eigenvalue weighted by molar-refractivity contribution is -0.143. The minimum Gasteiger partial charge on any atom is -0.481 e. The van der Waals surface area contributed by atoms with Crippen molar-refractivity contribution in [2.24, 2.45) is 0 Å². The van der Waals surface area contributed by atoms with Crippen LogP contribution in [0, 0.1) is 0 Å². The SMILES string of the molecule is CCCOC(=O)c1cc(C[C@H](NC(=O)OCc2ccccc2)C(=O)OC)cc(OC)n1. The molecular weight excluding hydrogens is 404 g/mol. The fourth-order valence-corrected chi connectivity index (χ4v) is 2.63. The van der Waals surface area contributed by atoms with Crippen molar-refractivity contribution in [2.45, 2.75) is 32.4 Å². The van der Waals surface area contributed by atoms with Crippen LogP contribution >= 0.6 is 0 Å². The van der Waals surface area contributed by atoms with E-state index in [0.717, 1.165) is 5.56 Å². The Bertz CT molecular complexity index is 887. The average Bonchev–Trinajstić information content (AvgIpc) is 2.80. The third kappa shape index (κ3) is 7.61. The first-order valence-electron chi connectivity index (χ1n) is 9.74. The molecule has 0 radical (unpaired) electrons. The summed E-state index contributed by atoms with van der Waals surface area (Å²) in [6.07, 6.45) is -0.0787. The zero-order valence-electron chi connectivity index (χ0n) is 17.8. The van der Waals surface area contributed by atoms with E-state index < -0.39 is 24.1 Å². The summed E-state index contributed by atoms with van der Waals surface area (Å²) in [5, 5.41) is 2.49. The molecule has 1 atom stereocenters. The van der Waals surface area contributed by atoms with E-state index in [1.807, 2.05) is 37.3 Å². The van der Waals surface area contributed by atoms with E-state index in [1.165, 1.54) is 20.3 Å². The molecule has 0 unspecified atom stereocenters. The molecule has 0 bridgehead atoms. The molecule has 1 N–H and O–H groups in total. The van der Waals surface area contributed by atoms with Gasteiger partial charge in [0.25, 0.3) is 0 Å². The van der Waals surface area contributed by atoms with Gasteiger partial charge in [-0.3, -0.25) is 0 Å². The molecule has 0 saturated heterocycles. The van der Waals surface area contributed by atoms with Crippen LogP contribution in [0.4, 0.5) is 4.79 Å². The van der Waals surface area contributed by atoms with Gasteiger partial charge in [0.15, 0.2) is 5.69 Å². The van der Waals surface area contributed by atoms with Gasteiger partial charge in [0.05, 0.1) is 20.8 Å². The smallest absolute Gasteiger partial charge is 0.408 e. The number of pyridine rings is 1. The summed E-state index contributed by atoms with van der Waals surface area (Å²) >= 11 is 0. The van der Waals surface area contributed by atoms with Crippen LogP contribution in [-0.2, 0) is 32.0 Å². The molecule has 0 fully saturated rings. The number of ether oxygens (including phenoxy) is 4. The summed E-state index contributed by atoms with van der Waals surface area (Å²) in [5.41, 5.74) is 1.37. The third-order valence-electron chi connectivity index (χ3n) is 4.15. The van der Waals surface area contributed by atoms with Crippen LogP contribution in [0.15, 0.2) is 42.5 Å². The number of esters is 2. The number of carbonyl (C=O) groups excluding carboxylic acids is 3. The van der Waals surface area contributed by atoms with E-state index >= 15 is 0 Å². The van der Waals surface area contributed by atoms with Crippen LogP contribution in [0.1, 0.15) is 35.0 Å². The van der Waals surface area contributed by atoms with Crippen LogP contribution in [0.5, 0.6) is 5.88 Å². The molecule has 2 aromatic rings. The van der Waals surface area contributed by atoms with Crippen LogP contribution in [0.3, 0.4) is 0 Å². The quantitative estimate of drug-likeness (QED) is 0.452. The average molecular weight is 430 g/mol. The molecule has 1 aromatic heterocycles. The van der Waals surface area contributed by atoms with Crippen LogP contribution in [0.25, 0.3) is 0 Å². The molecule has 166 valence electrons. The number of rotatable bonds is 10. The summed E-state index contributed by atoms with van der Waals surface area (Å²) in [4.78, 5) is 40.7. The van der Waals surface area contributed by atoms with Crippen molar-refractivity contribution in [2.75, 3.05) is 20.8 Å². The Hall–Kier alpha value is -3.62. The normalized spacial score (nSPS) is 11.2. The van der Waals surface area contributed by atoms with Gasteiger partial charge in [0.1, 0.15) is 12.6 Å². The Morgan fingerprint density at radius 1 is 1.03 bits per heavy atom. The molecule has 0 spiro atoms. The fourth-order valence-electron chi connectivity index (χ4n) is 2.63. The number of nitrogens with one attached hydrogen (secondary N) is 1. The third-order valence-corrected chi connectivity index (χ3v) is 4.15. The predicted molar refractivity (Wildman–Crippen MR) is 111 cm³/mol. The molecule has 9 nitrogen and oxygen atoms in total. The zero-order chi connectivity index (χ0) is 22.6. The summed E-state index contributed by atoms with van der Waals surface area (Å²) in [6.45, 7) is 2.19. The minimum atomic E-state index is -1.04. The van der Waals surface area contributed by atoms with E-state index in [4.69, 9.17) is 18.9 Å². The van der Waals surface area contributed by atoms with Gasteiger partial charge in [-0.1, -0.05) is 37.3 Å². The predicted octanol–water partition coefficient (Wildman–Crippen LogP) is 2.67. The van der Waals surface area contributed by atoms with Gasteiger partial charge in [-0.05, 0) is 23.6 Å². The van der Waals surface area contributed by atoms with Gasteiger partial charge in [-0.25, -0.2) is 19.4 Å². The lowest BCUT2D eigenvalue weighted by Crippen LogP contribution is -2.43. The molecule has 1 amide bonds. The highest BCUT2D eigenvalue weighted by Gasteiger charge is 2.24. The number of hydrogen-bond donors (Lipinski definition) is 1. The van der Waals surface area contributed by atoms with Crippen LogP contribution < -0.4 is 10.1 Å². The van der Waals surface area contributed by atoms with Crippen LogP contribution in [-0.4, -0.2) is 49.9 Å². The second-order valence-corrected chi connectivity index (χ2v) is 6.52. The molecule has 1 heterocycles. The number of hydrogen-bond acceptors (Lipinski definition) is 8. The summed E-state index contributed by atoms with van der Waals surface area (Å²) < 4.78 is 20.2. The first kappa shape index (κ1) is 23.7. The topological polar surface area (TPSA) is 113 Å². The fraction of sp³-hybridized carbons (Fsp3) is 0.364. The maximum Gasteiger partial charge on any atom is 0.408 e. The number of aromatic nitrogens is 1. The van der Waals surface area contributed by atoms with Crippen molar-refractivity contribution in [3.8, 4) is 5.88 Å². The highest BCUT2D eigenvalue weighted by molar-refractivity contribution is 5.88. The highest BCUT2D eigenvalue weighted by Crippen LogP contribution is 2.16. The van der Waals surface area contributed by atoms with Gasteiger partial charge in [0, 0.05) is 12.5 Å². The Morgan fingerprint density at radius 3 is 2.42 bits per heavy atom. The largest absolute Gasteiger partial charge is 0.481 e. The van der Waals surface area contributed by atoms with E-state index in [2.05, 4.69) is 10.3 Å². The standard InChI is InChI=1S/C22H26N2O7/c1-4-10-30-21(26)18-12-16(13-19(23-18)28-2)11-17(20(25)29-3)24-22(27)31-14-15-8-6-5-7-9-15/h5-9,12-13,17H,4,10-11,14H2,1-3H3,(H,24,27)/t17-/m0/s1. The van der Waals surface area contributed by atoms with Crippen molar-refractivity contribution in [1.29, 1.82) is 0 Å². The number of amides is 1. The molecule has 0 aliphatic heterocycles. The maximum absolute atomic E-state index is 12.2. The van der Waals surface area contributed by atoms with Crippen molar-refractivity contribution in [3.05, 3.63) is 59.3 Å². The molecule has 9 heteroatoms. The Kier molecular flexibility index (Phi) is 9.28. The lowest BCUT2D eigenvalue weighted by atomic mass is 10.1. The number of nitrogens with zero attached hydrogens (tertiary/aromatic N) is 1. The van der Waals surface area contributed by atoms with Gasteiger partial charge in [0.2, 0.25) is 5.88 Å². The molecule has 0 aliphatic carbocycles. The van der Waals surface area contributed by atoms with Crippen LogP contribution in [0.2, 0.25) is 0 Å². The number of methoxy groups -OCH3 is 2. The molecule has 31 heavy (non-hydrogen) atoms. The number of alkyl carbamates (subject to hydrolysis) is 1. The van der Waals surface area contributed by atoms with E-state index in [0.29, 0.717) is 12.0 Å². The summed E-state index contributed by atoms with van der Waals surface area (Å²) in [5.74, 6) is -1.09. The van der Waals surface area contributed by atoms with Crippen molar-refractivity contribution in [1.82, 2.24) is 10.3 Å². The maximum atomic E-state index is 12.2. The summed E-state index contributed by atoms with van der Waals surface area (Å²) in [7, 11) is 2.62. The monoisotopic (exact) mass is 430 g/mol. The van der Waals surface area contributed by atoms with Gasteiger partial charge >= 0.3 is 18.0 Å². The minimum absolute atomic E-state index is 0.0278. The number of carbonyl (C=O) groups is 3. The molecular formula is C22H26N2O7. The lowest BCUT2D eigenvalue weighted by Gasteiger charge is -2.17. The summed E-state index contributed by atoms with van der Waals surface area (Å²) in [6, 6.07) is 11.1. The molecule has 0 aliphatic rings. The number of benzene rings is 1. The van der Waals surface area contributed by atoms with E-state index in [9.17, 15) is 14.4 Å². The molecule has 0 saturated carbocycles. The zero-order valence-corrected chi connectivity index (χ0v) is 17.8. The highest BCUT2D eigenvalue weighted by atomic mass is 16.6. The van der Waals surface area contributed by atoms with Gasteiger partial charge in [-0.15, -0.1) is 0 Å². The van der Waals surface area contributed by atoms with E-state index in [-0.39, 0.29) is 31.2 Å². The Morgan fingerprint density at radius 2 is 1.77 bits per heavy atom. The van der Waals surface area contributed by atoms with Gasteiger partial charge < -0.3 is 24.3 Å². The molecule has 2 rings (SSSR count). The van der Waals surface area contributed by atoms with Gasteiger partial charge in [-0.2, -0.15) is 0 Å². The second-order valence-electron chi connectivity index (χ2n) is 6.52.